The first-order valence-corrected chi connectivity index (χ1v) is 12.1. The Bertz CT molecular complexity index is 1040. The minimum atomic E-state index is 0.0142. The van der Waals surface area contributed by atoms with Gasteiger partial charge in [-0.15, -0.1) is 0 Å². The maximum absolute atomic E-state index is 12.7. The zero-order valence-electron chi connectivity index (χ0n) is 17.6. The van der Waals surface area contributed by atoms with Gasteiger partial charge in [0, 0.05) is 52.6 Å². The van der Waals surface area contributed by atoms with Gasteiger partial charge in [0.1, 0.15) is 0 Å². The van der Waals surface area contributed by atoms with Crippen molar-refractivity contribution in [3.8, 4) is 0 Å². The highest BCUT2D eigenvalue weighted by molar-refractivity contribution is 7.99. The number of amides is 1. The number of rotatable bonds is 7. The van der Waals surface area contributed by atoms with E-state index in [4.69, 9.17) is 23.2 Å². The van der Waals surface area contributed by atoms with Crippen LogP contribution in [-0.2, 0) is 11.3 Å². The van der Waals surface area contributed by atoms with Crippen LogP contribution in [-0.4, -0.2) is 48.4 Å². The Balaban J connectivity index is 1.27. The summed E-state index contributed by atoms with van der Waals surface area (Å²) in [4.78, 5) is 19.4. The van der Waals surface area contributed by atoms with E-state index in [-0.39, 0.29) is 5.91 Å². The van der Waals surface area contributed by atoms with Crippen LogP contribution in [0.25, 0.3) is 0 Å². The molecule has 1 heterocycles. The molecule has 1 N–H and O–H groups in total. The highest BCUT2D eigenvalue weighted by Gasteiger charge is 2.19. The van der Waals surface area contributed by atoms with E-state index >= 15 is 0 Å². The molecule has 166 valence electrons. The second kappa shape index (κ2) is 11.2. The van der Waals surface area contributed by atoms with E-state index in [0.717, 1.165) is 53.2 Å². The van der Waals surface area contributed by atoms with E-state index in [1.54, 1.807) is 11.8 Å². The average molecular weight is 486 g/mol. The number of hydrogen-bond donors (Lipinski definition) is 1. The van der Waals surface area contributed by atoms with Crippen molar-refractivity contribution in [2.24, 2.45) is 0 Å². The Morgan fingerprint density at radius 1 is 0.812 bits per heavy atom. The summed E-state index contributed by atoms with van der Waals surface area (Å²) in [5.74, 6) is 0.0142. The largest absolute Gasteiger partial charge is 0.324 e. The lowest BCUT2D eigenvalue weighted by molar-refractivity contribution is -0.117. The Kier molecular flexibility index (Phi) is 8.11. The van der Waals surface area contributed by atoms with Crippen LogP contribution in [0.2, 0.25) is 10.0 Å². The zero-order valence-corrected chi connectivity index (χ0v) is 20.0. The van der Waals surface area contributed by atoms with Crippen LogP contribution in [0.5, 0.6) is 0 Å². The molecule has 7 heteroatoms. The Morgan fingerprint density at radius 2 is 1.41 bits per heavy atom. The quantitative estimate of drug-likeness (QED) is 0.451. The molecule has 1 amide bonds. The molecule has 4 rings (SSSR count). The third kappa shape index (κ3) is 6.74. The monoisotopic (exact) mass is 485 g/mol. The third-order valence-electron chi connectivity index (χ3n) is 5.35. The topological polar surface area (TPSA) is 35.6 Å². The molecule has 0 saturated carbocycles. The van der Waals surface area contributed by atoms with Crippen LogP contribution in [0.3, 0.4) is 0 Å². The predicted octanol–water partition coefficient (Wildman–Crippen LogP) is 5.90. The molecule has 3 aromatic carbocycles. The summed E-state index contributed by atoms with van der Waals surface area (Å²) in [6, 6.07) is 23.6. The number of nitrogens with one attached hydrogen (secondary N) is 1. The minimum absolute atomic E-state index is 0.0142. The zero-order chi connectivity index (χ0) is 22.3. The van der Waals surface area contributed by atoms with Gasteiger partial charge in [-0.2, -0.15) is 0 Å². The maximum Gasteiger partial charge on any atom is 0.238 e. The number of para-hydroxylation sites is 1. The van der Waals surface area contributed by atoms with E-state index in [2.05, 4.69) is 27.2 Å². The van der Waals surface area contributed by atoms with Crippen LogP contribution >= 0.6 is 35.0 Å². The molecule has 0 radical (unpaired) electrons. The lowest BCUT2D eigenvalue weighted by Gasteiger charge is -2.34. The highest BCUT2D eigenvalue weighted by atomic mass is 35.5. The van der Waals surface area contributed by atoms with Crippen LogP contribution < -0.4 is 5.32 Å². The van der Waals surface area contributed by atoms with Crippen LogP contribution in [0.4, 0.5) is 5.69 Å². The third-order valence-corrected chi connectivity index (χ3v) is 6.94. The van der Waals surface area contributed by atoms with Crippen molar-refractivity contribution >= 4 is 46.6 Å². The molecule has 1 saturated heterocycles. The number of hydrogen-bond acceptors (Lipinski definition) is 4. The van der Waals surface area contributed by atoms with Crippen LogP contribution in [0.15, 0.2) is 82.6 Å². The van der Waals surface area contributed by atoms with Crippen molar-refractivity contribution in [1.82, 2.24) is 9.80 Å². The molecular formula is C25H25Cl2N3OS. The molecule has 32 heavy (non-hydrogen) atoms. The van der Waals surface area contributed by atoms with Gasteiger partial charge in [-0.25, -0.2) is 0 Å². The summed E-state index contributed by atoms with van der Waals surface area (Å²) >= 11 is 13.6. The summed E-state index contributed by atoms with van der Waals surface area (Å²) in [6.07, 6.45) is 0. The van der Waals surface area contributed by atoms with Crippen molar-refractivity contribution in [1.29, 1.82) is 0 Å². The van der Waals surface area contributed by atoms with E-state index in [1.165, 1.54) is 5.56 Å². The molecule has 0 aromatic heterocycles. The fourth-order valence-electron chi connectivity index (χ4n) is 3.63. The molecule has 1 fully saturated rings. The van der Waals surface area contributed by atoms with Gasteiger partial charge in [-0.3, -0.25) is 14.6 Å². The van der Waals surface area contributed by atoms with Crippen LogP contribution in [0.1, 0.15) is 5.56 Å². The fourth-order valence-corrected chi connectivity index (χ4v) is 4.79. The molecule has 0 aliphatic carbocycles. The van der Waals surface area contributed by atoms with Gasteiger partial charge in [-0.1, -0.05) is 59.2 Å². The molecule has 4 nitrogen and oxygen atoms in total. The van der Waals surface area contributed by atoms with Crippen molar-refractivity contribution < 1.29 is 4.79 Å². The van der Waals surface area contributed by atoms with Crippen molar-refractivity contribution in [2.45, 2.75) is 16.3 Å². The number of piperazine rings is 1. The van der Waals surface area contributed by atoms with Gasteiger partial charge >= 0.3 is 0 Å². The first kappa shape index (κ1) is 23.1. The number of carbonyl (C=O) groups excluding carboxylic acids is 1. The van der Waals surface area contributed by atoms with Crippen molar-refractivity contribution in [3.05, 3.63) is 88.4 Å². The summed E-state index contributed by atoms with van der Waals surface area (Å²) in [5.41, 5.74) is 2.09. The number of nitrogens with zero attached hydrogens (tertiary/aromatic N) is 2. The van der Waals surface area contributed by atoms with E-state index < -0.39 is 0 Å². The number of halogens is 2. The first-order chi connectivity index (χ1) is 15.5. The number of benzene rings is 3. The molecule has 1 aliphatic heterocycles. The summed E-state index contributed by atoms with van der Waals surface area (Å²) in [5, 5.41) is 4.57. The van der Waals surface area contributed by atoms with Gasteiger partial charge in [0.2, 0.25) is 5.91 Å². The summed E-state index contributed by atoms with van der Waals surface area (Å²) in [6.45, 7) is 4.95. The van der Waals surface area contributed by atoms with Gasteiger partial charge in [-0.05, 0) is 54.1 Å². The fraction of sp³-hybridized carbons (Fsp3) is 0.240. The van der Waals surface area contributed by atoms with Crippen LogP contribution in [0, 0.1) is 0 Å². The van der Waals surface area contributed by atoms with Gasteiger partial charge in [0.25, 0.3) is 0 Å². The van der Waals surface area contributed by atoms with Gasteiger partial charge in [0.15, 0.2) is 0 Å². The first-order valence-electron chi connectivity index (χ1n) is 10.6. The second-order valence-corrected chi connectivity index (χ2v) is 9.77. The van der Waals surface area contributed by atoms with Gasteiger partial charge in [0.05, 0.1) is 12.2 Å². The minimum Gasteiger partial charge on any atom is -0.324 e. The molecule has 0 spiro atoms. The Labute approximate surface area is 203 Å². The second-order valence-electron chi connectivity index (χ2n) is 7.78. The number of anilines is 1. The highest BCUT2D eigenvalue weighted by Crippen LogP contribution is 2.33. The van der Waals surface area contributed by atoms with Gasteiger partial charge < -0.3 is 5.32 Å². The average Bonchev–Trinajstić information content (AvgIpc) is 2.79. The van der Waals surface area contributed by atoms with Crippen molar-refractivity contribution in [3.63, 3.8) is 0 Å². The Morgan fingerprint density at radius 3 is 2.09 bits per heavy atom. The Hall–Kier alpha value is -2.02. The van der Waals surface area contributed by atoms with E-state index in [9.17, 15) is 4.79 Å². The molecular weight excluding hydrogens is 461 g/mol. The summed E-state index contributed by atoms with van der Waals surface area (Å²) < 4.78 is 0. The van der Waals surface area contributed by atoms with E-state index in [0.29, 0.717) is 11.6 Å². The smallest absolute Gasteiger partial charge is 0.238 e. The SMILES string of the molecule is O=C(CN1CCN(Cc2ccc(Cl)cc2)CC1)Nc1ccccc1Sc1ccc(Cl)cc1. The molecule has 0 atom stereocenters. The molecule has 0 bridgehead atoms. The summed E-state index contributed by atoms with van der Waals surface area (Å²) in [7, 11) is 0. The lowest BCUT2D eigenvalue weighted by Crippen LogP contribution is -2.48. The van der Waals surface area contributed by atoms with E-state index in [1.807, 2.05) is 60.7 Å². The molecule has 0 unspecified atom stereocenters. The maximum atomic E-state index is 12.7. The number of carbonyl (C=O) groups is 1. The predicted molar refractivity (Wildman–Crippen MR) is 134 cm³/mol. The standard InChI is InChI=1S/C25H25Cl2N3OS/c26-20-7-5-19(6-8-20)17-29-13-15-30(16-14-29)18-25(31)28-23-3-1-2-4-24(23)32-22-11-9-21(27)10-12-22/h1-12H,13-18H2,(H,28,31). The normalized spacial score (nSPS) is 14.9. The molecule has 3 aromatic rings. The molecule has 1 aliphatic rings. The van der Waals surface area contributed by atoms with Crippen molar-refractivity contribution in [2.75, 3.05) is 38.0 Å². The lowest BCUT2D eigenvalue weighted by atomic mass is 10.2.